The van der Waals surface area contributed by atoms with Gasteiger partial charge in [0.05, 0.1) is 12.8 Å². The molecule has 1 aromatic heterocycles. The van der Waals surface area contributed by atoms with Gasteiger partial charge in [-0.3, -0.25) is 0 Å². The summed E-state index contributed by atoms with van der Waals surface area (Å²) in [6, 6.07) is 9.39. The third-order valence-corrected chi connectivity index (χ3v) is 3.02. The number of hydrogen-bond acceptors (Lipinski definition) is 4. The molecule has 3 rings (SSSR count). The molecular weight excluding hydrogens is 250 g/mol. The van der Waals surface area contributed by atoms with Gasteiger partial charge in [-0.1, -0.05) is 12.2 Å². The molecule has 0 unspecified atom stereocenters. The molecule has 0 amide bonds. The third kappa shape index (κ3) is 2.17. The lowest BCUT2D eigenvalue weighted by Crippen LogP contribution is -2.21. The second-order valence-corrected chi connectivity index (χ2v) is 4.24. The highest BCUT2D eigenvalue weighted by atomic mass is 32.1. The summed E-state index contributed by atoms with van der Waals surface area (Å²) in [5, 5.41) is 3.13. The van der Waals surface area contributed by atoms with Crippen LogP contribution in [0.1, 0.15) is 11.3 Å². The van der Waals surface area contributed by atoms with Crippen molar-refractivity contribution in [3.05, 3.63) is 47.9 Å². The van der Waals surface area contributed by atoms with Crippen molar-refractivity contribution in [1.29, 1.82) is 0 Å². The average Bonchev–Trinajstić information content (AvgIpc) is 3.05. The van der Waals surface area contributed by atoms with Crippen molar-refractivity contribution in [2.45, 2.75) is 6.54 Å². The lowest BCUT2D eigenvalue weighted by atomic mass is 10.2. The molecule has 5 heteroatoms. The first-order valence-corrected chi connectivity index (χ1v) is 5.94. The van der Waals surface area contributed by atoms with Crippen molar-refractivity contribution < 1.29 is 13.9 Å². The standard InChI is InChI=1S/C13H11NO3S/c18-13(14-7-10-2-1-5-15-10)9-3-4-11-12(6-9)17-8-16-11/h1-6H,7-8H2,(H,14,18). The quantitative estimate of drug-likeness (QED) is 0.860. The SMILES string of the molecule is S=C(NCc1ccco1)c1ccc2c(c1)OCO2. The van der Waals surface area contributed by atoms with Gasteiger partial charge in [-0.2, -0.15) is 0 Å². The summed E-state index contributed by atoms with van der Waals surface area (Å²) in [7, 11) is 0. The maximum absolute atomic E-state index is 5.32. The molecule has 92 valence electrons. The normalized spacial score (nSPS) is 12.4. The van der Waals surface area contributed by atoms with E-state index in [0.29, 0.717) is 11.5 Å². The van der Waals surface area contributed by atoms with E-state index in [-0.39, 0.29) is 6.79 Å². The van der Waals surface area contributed by atoms with Crippen molar-refractivity contribution in [2.24, 2.45) is 0 Å². The van der Waals surface area contributed by atoms with E-state index >= 15 is 0 Å². The zero-order valence-corrected chi connectivity index (χ0v) is 10.3. The minimum Gasteiger partial charge on any atom is -0.467 e. The molecule has 4 nitrogen and oxygen atoms in total. The van der Waals surface area contributed by atoms with Gasteiger partial charge in [0.25, 0.3) is 0 Å². The van der Waals surface area contributed by atoms with Gasteiger partial charge in [-0.05, 0) is 30.3 Å². The molecule has 0 radical (unpaired) electrons. The zero-order valence-electron chi connectivity index (χ0n) is 9.51. The van der Waals surface area contributed by atoms with Crippen LogP contribution in [0, 0.1) is 0 Å². The molecule has 0 aliphatic carbocycles. The Morgan fingerprint density at radius 3 is 2.94 bits per heavy atom. The number of nitrogens with one attached hydrogen (secondary N) is 1. The summed E-state index contributed by atoms with van der Waals surface area (Å²) >= 11 is 5.32. The highest BCUT2D eigenvalue weighted by molar-refractivity contribution is 7.80. The average molecular weight is 261 g/mol. The van der Waals surface area contributed by atoms with Gasteiger partial charge >= 0.3 is 0 Å². The maximum atomic E-state index is 5.32. The summed E-state index contributed by atoms with van der Waals surface area (Å²) < 4.78 is 15.8. The summed E-state index contributed by atoms with van der Waals surface area (Å²) in [6.07, 6.45) is 1.64. The number of rotatable bonds is 3. The van der Waals surface area contributed by atoms with E-state index in [4.69, 9.17) is 26.1 Å². The smallest absolute Gasteiger partial charge is 0.231 e. The molecule has 1 aliphatic heterocycles. The first-order valence-electron chi connectivity index (χ1n) is 5.53. The van der Waals surface area contributed by atoms with Crippen molar-refractivity contribution in [1.82, 2.24) is 5.32 Å². The van der Waals surface area contributed by atoms with Crippen molar-refractivity contribution >= 4 is 17.2 Å². The molecular formula is C13H11NO3S. The van der Waals surface area contributed by atoms with E-state index in [0.717, 1.165) is 22.8 Å². The Hall–Kier alpha value is -2.01. The summed E-state index contributed by atoms with van der Waals surface area (Å²) in [6.45, 7) is 0.839. The van der Waals surface area contributed by atoms with Crippen LogP contribution < -0.4 is 14.8 Å². The van der Waals surface area contributed by atoms with Crippen LogP contribution in [0.5, 0.6) is 11.5 Å². The molecule has 0 saturated carbocycles. The predicted octanol–water partition coefficient (Wildman–Crippen LogP) is 2.47. The van der Waals surface area contributed by atoms with E-state index < -0.39 is 0 Å². The van der Waals surface area contributed by atoms with Gasteiger partial charge in [0.15, 0.2) is 11.5 Å². The van der Waals surface area contributed by atoms with E-state index in [1.54, 1.807) is 6.26 Å². The number of ether oxygens (including phenoxy) is 2. The highest BCUT2D eigenvalue weighted by Gasteiger charge is 2.14. The molecule has 2 heterocycles. The Balaban J connectivity index is 1.69. The Bertz CT molecular complexity index is 566. The predicted molar refractivity (Wildman–Crippen MR) is 69.8 cm³/mol. The Kier molecular flexibility index (Phi) is 2.90. The fraction of sp³-hybridized carbons (Fsp3) is 0.154. The summed E-state index contributed by atoms with van der Waals surface area (Å²) in [5.41, 5.74) is 0.904. The minimum absolute atomic E-state index is 0.269. The second kappa shape index (κ2) is 4.70. The number of thiocarbonyl (C=S) groups is 1. The van der Waals surface area contributed by atoms with Gasteiger partial charge in [-0.25, -0.2) is 0 Å². The van der Waals surface area contributed by atoms with Crippen LogP contribution in [0.15, 0.2) is 41.0 Å². The fourth-order valence-corrected chi connectivity index (χ4v) is 1.92. The first kappa shape index (κ1) is 11.1. The molecule has 1 N–H and O–H groups in total. The van der Waals surface area contributed by atoms with Crippen molar-refractivity contribution in [3.63, 3.8) is 0 Å². The molecule has 0 saturated heterocycles. The van der Waals surface area contributed by atoms with Crippen LogP contribution in [0.25, 0.3) is 0 Å². The Labute approximate surface area is 110 Å². The molecule has 0 spiro atoms. The fourth-order valence-electron chi connectivity index (χ4n) is 1.72. The van der Waals surface area contributed by atoms with Crippen LogP contribution >= 0.6 is 12.2 Å². The van der Waals surface area contributed by atoms with Crippen LogP contribution in [0.2, 0.25) is 0 Å². The Morgan fingerprint density at radius 2 is 2.11 bits per heavy atom. The molecule has 18 heavy (non-hydrogen) atoms. The van der Waals surface area contributed by atoms with Gasteiger partial charge in [0.2, 0.25) is 6.79 Å². The molecule has 1 aromatic carbocycles. The topological polar surface area (TPSA) is 43.6 Å². The molecule has 0 atom stereocenters. The van der Waals surface area contributed by atoms with E-state index in [9.17, 15) is 0 Å². The van der Waals surface area contributed by atoms with Crippen molar-refractivity contribution in [2.75, 3.05) is 6.79 Å². The van der Waals surface area contributed by atoms with Gasteiger partial charge < -0.3 is 19.2 Å². The first-order chi connectivity index (χ1) is 8.83. The monoisotopic (exact) mass is 261 g/mol. The van der Waals surface area contributed by atoms with Gasteiger partial charge in [0, 0.05) is 5.56 Å². The number of fused-ring (bicyclic) bond motifs is 1. The highest BCUT2D eigenvalue weighted by Crippen LogP contribution is 2.32. The van der Waals surface area contributed by atoms with E-state index in [1.807, 2.05) is 30.3 Å². The van der Waals surface area contributed by atoms with Crippen LogP contribution in [-0.4, -0.2) is 11.8 Å². The lowest BCUT2D eigenvalue weighted by molar-refractivity contribution is 0.174. The van der Waals surface area contributed by atoms with E-state index in [2.05, 4.69) is 5.32 Å². The molecule has 0 bridgehead atoms. The number of furan rings is 1. The van der Waals surface area contributed by atoms with E-state index in [1.165, 1.54) is 0 Å². The number of benzene rings is 1. The summed E-state index contributed by atoms with van der Waals surface area (Å²) in [4.78, 5) is 0.657. The summed E-state index contributed by atoms with van der Waals surface area (Å²) in [5.74, 6) is 2.33. The Morgan fingerprint density at radius 1 is 1.22 bits per heavy atom. The second-order valence-electron chi connectivity index (χ2n) is 3.83. The van der Waals surface area contributed by atoms with Crippen LogP contribution in [0.4, 0.5) is 0 Å². The minimum atomic E-state index is 0.269. The van der Waals surface area contributed by atoms with Gasteiger partial charge in [-0.15, -0.1) is 0 Å². The third-order valence-electron chi connectivity index (χ3n) is 2.64. The van der Waals surface area contributed by atoms with Crippen LogP contribution in [0.3, 0.4) is 0 Å². The van der Waals surface area contributed by atoms with Crippen molar-refractivity contribution in [3.8, 4) is 11.5 Å². The largest absolute Gasteiger partial charge is 0.467 e. The number of hydrogen-bond donors (Lipinski definition) is 1. The van der Waals surface area contributed by atoms with Crippen LogP contribution in [-0.2, 0) is 6.54 Å². The zero-order chi connectivity index (χ0) is 12.4. The lowest BCUT2D eigenvalue weighted by Gasteiger charge is -2.07. The van der Waals surface area contributed by atoms with Gasteiger partial charge in [0.1, 0.15) is 10.7 Å². The maximum Gasteiger partial charge on any atom is 0.231 e. The molecule has 0 fully saturated rings. The molecule has 2 aromatic rings. The molecule has 1 aliphatic rings.